The fourth-order valence-corrected chi connectivity index (χ4v) is 2.64. The van der Waals surface area contributed by atoms with Crippen molar-refractivity contribution in [2.24, 2.45) is 11.8 Å². The normalized spacial score (nSPS) is 12.2. The first-order valence-corrected chi connectivity index (χ1v) is 8.31. The molecule has 0 atom stereocenters. The van der Waals surface area contributed by atoms with Gasteiger partial charge in [-0.25, -0.2) is 0 Å². The lowest BCUT2D eigenvalue weighted by molar-refractivity contribution is 0.413. The van der Waals surface area contributed by atoms with E-state index in [2.05, 4.69) is 56.9 Å². The zero-order valence-corrected chi connectivity index (χ0v) is 15.6. The molecule has 0 saturated carbocycles. The Bertz CT molecular complexity index is 584. The second-order valence-electron chi connectivity index (χ2n) is 6.94. The van der Waals surface area contributed by atoms with Crippen LogP contribution in [0.3, 0.4) is 0 Å². The average Bonchev–Trinajstić information content (AvgIpc) is 2.51. The Balaban J connectivity index is 3.26. The standard InChI is InChI=1S/C20H30N2O/c1-14(2)12-22(13-15(3)4)18-8-9-19(20(10-18)23-7)17(6)16(5)11-21/h8-10,14-15H,12-13H2,1-7H3/b17-16+. The Kier molecular flexibility index (Phi) is 7.16. The van der Waals surface area contributed by atoms with Gasteiger partial charge < -0.3 is 9.64 Å². The van der Waals surface area contributed by atoms with E-state index in [0.717, 1.165) is 35.5 Å². The molecule has 0 unspecified atom stereocenters. The molecule has 3 nitrogen and oxygen atoms in total. The number of benzene rings is 1. The van der Waals surface area contributed by atoms with Crippen LogP contribution in [0.4, 0.5) is 5.69 Å². The van der Waals surface area contributed by atoms with Crippen LogP contribution >= 0.6 is 0 Å². The lowest BCUT2D eigenvalue weighted by Crippen LogP contribution is -2.31. The van der Waals surface area contributed by atoms with Gasteiger partial charge in [0.25, 0.3) is 0 Å². The van der Waals surface area contributed by atoms with E-state index in [-0.39, 0.29) is 0 Å². The van der Waals surface area contributed by atoms with Gasteiger partial charge >= 0.3 is 0 Å². The molecule has 0 aliphatic heterocycles. The molecule has 0 aliphatic rings. The molecule has 0 N–H and O–H groups in total. The number of rotatable bonds is 7. The highest BCUT2D eigenvalue weighted by atomic mass is 16.5. The van der Waals surface area contributed by atoms with Crippen molar-refractivity contribution in [3.8, 4) is 11.8 Å². The second kappa shape index (κ2) is 8.62. The van der Waals surface area contributed by atoms with E-state index < -0.39 is 0 Å². The maximum Gasteiger partial charge on any atom is 0.128 e. The summed E-state index contributed by atoms with van der Waals surface area (Å²) in [6, 6.07) is 8.51. The Morgan fingerprint density at radius 1 is 1.13 bits per heavy atom. The zero-order valence-electron chi connectivity index (χ0n) is 15.6. The molecule has 1 rings (SSSR count). The van der Waals surface area contributed by atoms with Gasteiger partial charge in [-0.15, -0.1) is 0 Å². The third-order valence-electron chi connectivity index (χ3n) is 3.86. The van der Waals surface area contributed by atoms with E-state index in [9.17, 15) is 0 Å². The minimum Gasteiger partial charge on any atom is -0.496 e. The number of hydrogen-bond donors (Lipinski definition) is 0. The highest BCUT2D eigenvalue weighted by molar-refractivity contribution is 5.75. The van der Waals surface area contributed by atoms with Crippen LogP contribution in [-0.2, 0) is 0 Å². The van der Waals surface area contributed by atoms with Gasteiger partial charge in [0.2, 0.25) is 0 Å². The topological polar surface area (TPSA) is 36.3 Å². The van der Waals surface area contributed by atoms with Crippen LogP contribution in [0.5, 0.6) is 5.75 Å². The van der Waals surface area contributed by atoms with Gasteiger partial charge in [0.05, 0.1) is 13.2 Å². The molecule has 23 heavy (non-hydrogen) atoms. The molecule has 0 fully saturated rings. The molecule has 0 radical (unpaired) electrons. The van der Waals surface area contributed by atoms with E-state index in [1.807, 2.05) is 13.8 Å². The molecule has 126 valence electrons. The Morgan fingerprint density at radius 2 is 1.70 bits per heavy atom. The quantitative estimate of drug-likeness (QED) is 0.654. The minimum atomic E-state index is 0.599. The Hall–Kier alpha value is -1.95. The smallest absolute Gasteiger partial charge is 0.128 e. The molecule has 0 heterocycles. The first-order chi connectivity index (χ1) is 10.8. The summed E-state index contributed by atoms with van der Waals surface area (Å²) < 4.78 is 5.59. The number of hydrogen-bond acceptors (Lipinski definition) is 3. The molecule has 0 aliphatic carbocycles. The summed E-state index contributed by atoms with van der Waals surface area (Å²) in [4.78, 5) is 2.41. The maximum absolute atomic E-state index is 9.11. The molecule has 3 heteroatoms. The molecular formula is C20H30N2O. The number of anilines is 1. The van der Waals surface area contributed by atoms with E-state index >= 15 is 0 Å². The number of nitrogens with zero attached hydrogens (tertiary/aromatic N) is 2. The predicted octanol–water partition coefficient (Wildman–Crippen LogP) is 5.13. The molecular weight excluding hydrogens is 284 g/mol. The van der Waals surface area contributed by atoms with E-state index in [4.69, 9.17) is 10.00 Å². The first-order valence-electron chi connectivity index (χ1n) is 8.31. The Morgan fingerprint density at radius 3 is 2.13 bits per heavy atom. The third-order valence-corrected chi connectivity index (χ3v) is 3.86. The van der Waals surface area contributed by atoms with Crippen molar-refractivity contribution >= 4 is 11.3 Å². The van der Waals surface area contributed by atoms with Crippen molar-refractivity contribution in [1.82, 2.24) is 0 Å². The summed E-state index contributed by atoms with van der Waals surface area (Å²) in [7, 11) is 1.69. The lowest BCUT2D eigenvalue weighted by atomic mass is 10.0. The van der Waals surface area contributed by atoms with Gasteiger partial charge in [-0.05, 0) is 43.4 Å². The fraction of sp³-hybridized carbons (Fsp3) is 0.550. The molecule has 0 aromatic heterocycles. The van der Waals surface area contributed by atoms with Crippen molar-refractivity contribution < 1.29 is 4.74 Å². The van der Waals surface area contributed by atoms with Crippen LogP contribution in [-0.4, -0.2) is 20.2 Å². The van der Waals surface area contributed by atoms with Crippen molar-refractivity contribution in [2.45, 2.75) is 41.5 Å². The van der Waals surface area contributed by atoms with Gasteiger partial charge in [0.15, 0.2) is 0 Å². The van der Waals surface area contributed by atoms with Crippen LogP contribution in [0.25, 0.3) is 5.57 Å². The molecule has 0 bridgehead atoms. The Labute approximate surface area is 141 Å². The summed E-state index contributed by atoms with van der Waals surface area (Å²) >= 11 is 0. The predicted molar refractivity (Wildman–Crippen MR) is 98.8 cm³/mol. The largest absolute Gasteiger partial charge is 0.496 e. The van der Waals surface area contributed by atoms with Gasteiger partial charge in [-0.1, -0.05) is 27.7 Å². The van der Waals surface area contributed by atoms with Crippen molar-refractivity contribution in [3.63, 3.8) is 0 Å². The van der Waals surface area contributed by atoms with Gasteiger partial charge in [-0.2, -0.15) is 5.26 Å². The van der Waals surface area contributed by atoms with Crippen LogP contribution in [0.15, 0.2) is 23.8 Å². The summed E-state index contributed by atoms with van der Waals surface area (Å²) in [5, 5.41) is 9.11. The van der Waals surface area contributed by atoms with Crippen LogP contribution in [0.2, 0.25) is 0 Å². The maximum atomic E-state index is 9.11. The SMILES string of the molecule is COc1cc(N(CC(C)C)CC(C)C)ccc1/C(C)=C(\C)C#N. The summed E-state index contributed by atoms with van der Waals surface area (Å²) in [5.41, 5.74) is 3.85. The average molecular weight is 314 g/mol. The van der Waals surface area contributed by atoms with Crippen molar-refractivity contribution in [2.75, 3.05) is 25.1 Å². The number of nitriles is 1. The van der Waals surface area contributed by atoms with E-state index in [1.165, 1.54) is 5.69 Å². The lowest BCUT2D eigenvalue weighted by Gasteiger charge is -2.29. The molecule has 1 aromatic carbocycles. The van der Waals surface area contributed by atoms with E-state index in [0.29, 0.717) is 11.8 Å². The minimum absolute atomic E-state index is 0.599. The number of methoxy groups -OCH3 is 1. The molecule has 0 spiro atoms. The van der Waals surface area contributed by atoms with Crippen molar-refractivity contribution in [3.05, 3.63) is 29.3 Å². The fourth-order valence-electron chi connectivity index (χ4n) is 2.64. The zero-order chi connectivity index (χ0) is 17.6. The van der Waals surface area contributed by atoms with Gasteiger partial charge in [0.1, 0.15) is 5.75 Å². The van der Waals surface area contributed by atoms with Crippen LogP contribution < -0.4 is 9.64 Å². The van der Waals surface area contributed by atoms with Crippen LogP contribution in [0.1, 0.15) is 47.1 Å². The third kappa shape index (κ3) is 5.32. The van der Waals surface area contributed by atoms with Gasteiger partial charge in [0, 0.05) is 36.0 Å². The monoisotopic (exact) mass is 314 g/mol. The second-order valence-corrected chi connectivity index (χ2v) is 6.94. The molecule has 1 aromatic rings. The summed E-state index contributed by atoms with van der Waals surface area (Å²) in [6.45, 7) is 14.8. The number of allylic oxidation sites excluding steroid dienone is 2. The molecule has 0 saturated heterocycles. The highest BCUT2D eigenvalue weighted by Gasteiger charge is 2.14. The number of ether oxygens (including phenoxy) is 1. The van der Waals surface area contributed by atoms with E-state index in [1.54, 1.807) is 7.11 Å². The van der Waals surface area contributed by atoms with Crippen LogP contribution in [0, 0.1) is 23.2 Å². The summed E-state index contributed by atoms with van der Waals surface area (Å²) in [5.74, 6) is 2.02. The highest BCUT2D eigenvalue weighted by Crippen LogP contribution is 2.32. The van der Waals surface area contributed by atoms with Crippen molar-refractivity contribution in [1.29, 1.82) is 5.26 Å². The van der Waals surface area contributed by atoms with Gasteiger partial charge in [-0.3, -0.25) is 0 Å². The first kappa shape index (κ1) is 19.1. The summed E-state index contributed by atoms with van der Waals surface area (Å²) in [6.07, 6.45) is 0. The molecule has 0 amide bonds.